The minimum atomic E-state index is -0.843. The molecule has 4 N–H and O–H groups in total. The second-order valence-electron chi connectivity index (χ2n) is 3.17. The maximum atomic E-state index is 10.7. The predicted molar refractivity (Wildman–Crippen MR) is 62.9 cm³/mol. The van der Waals surface area contributed by atoms with Crippen molar-refractivity contribution in [2.45, 2.75) is 12.8 Å². The van der Waals surface area contributed by atoms with E-state index in [0.29, 0.717) is 0 Å². The Bertz CT molecular complexity index is 376. The van der Waals surface area contributed by atoms with E-state index in [-0.39, 0.29) is 5.11 Å². The number of anilines is 1. The minimum Gasteiger partial charge on any atom is -0.481 e. The van der Waals surface area contributed by atoms with Gasteiger partial charge in [-0.3, -0.25) is 4.79 Å². The van der Waals surface area contributed by atoms with E-state index in [1.807, 2.05) is 0 Å². The lowest BCUT2D eigenvalue weighted by molar-refractivity contribution is -0.138. The van der Waals surface area contributed by atoms with Crippen molar-refractivity contribution in [1.29, 1.82) is 0 Å². The third kappa shape index (κ3) is 3.21. The first-order chi connectivity index (χ1) is 7.00. The standard InChI is InChI=1S/C10H12N2O2S/c1-6(9(13)14)7-2-4-8(5-3-7)12-10(11)15/h2-6H,1H3,(H,13,14)(H3,11,12,15). The lowest BCUT2D eigenvalue weighted by Gasteiger charge is -2.08. The molecule has 1 atom stereocenters. The van der Waals surface area contributed by atoms with Crippen LogP contribution in [0, 0.1) is 0 Å². The number of nitrogens with two attached hydrogens (primary N) is 1. The average Bonchev–Trinajstić information content (AvgIpc) is 2.17. The predicted octanol–water partition coefficient (Wildman–Crippen LogP) is 1.53. The van der Waals surface area contributed by atoms with Crippen LogP contribution in [0.25, 0.3) is 0 Å². The number of rotatable bonds is 3. The molecule has 0 radical (unpaired) electrons. The van der Waals surface area contributed by atoms with Gasteiger partial charge in [-0.15, -0.1) is 0 Å². The molecule has 0 aliphatic heterocycles. The van der Waals surface area contributed by atoms with Crippen molar-refractivity contribution in [2.75, 3.05) is 5.32 Å². The van der Waals surface area contributed by atoms with Gasteiger partial charge in [0.15, 0.2) is 5.11 Å². The van der Waals surface area contributed by atoms with Gasteiger partial charge in [-0.05, 0) is 36.8 Å². The first-order valence-corrected chi connectivity index (χ1v) is 4.80. The van der Waals surface area contributed by atoms with Crippen LogP contribution in [0.1, 0.15) is 18.4 Å². The molecule has 0 spiro atoms. The zero-order valence-corrected chi connectivity index (χ0v) is 9.04. The molecule has 1 aromatic rings. The quantitative estimate of drug-likeness (QED) is 0.679. The van der Waals surface area contributed by atoms with Gasteiger partial charge < -0.3 is 16.2 Å². The average molecular weight is 224 g/mol. The Balaban J connectivity index is 2.80. The molecule has 4 nitrogen and oxygen atoms in total. The molecule has 80 valence electrons. The van der Waals surface area contributed by atoms with Gasteiger partial charge in [-0.1, -0.05) is 12.1 Å². The smallest absolute Gasteiger partial charge is 0.310 e. The Kier molecular flexibility index (Phi) is 3.62. The van der Waals surface area contributed by atoms with E-state index in [2.05, 4.69) is 17.5 Å². The highest BCUT2D eigenvalue weighted by Crippen LogP contribution is 2.17. The van der Waals surface area contributed by atoms with Crippen molar-refractivity contribution in [3.8, 4) is 0 Å². The molecule has 0 heterocycles. The third-order valence-corrected chi connectivity index (χ3v) is 2.15. The summed E-state index contributed by atoms with van der Waals surface area (Å²) in [5.74, 6) is -1.35. The Labute approximate surface area is 93.1 Å². The highest BCUT2D eigenvalue weighted by molar-refractivity contribution is 7.80. The van der Waals surface area contributed by atoms with Crippen LogP contribution in [-0.2, 0) is 4.79 Å². The molecule has 5 heteroatoms. The fraction of sp³-hybridized carbons (Fsp3) is 0.200. The van der Waals surface area contributed by atoms with E-state index in [1.165, 1.54) is 0 Å². The number of hydrogen-bond donors (Lipinski definition) is 3. The van der Waals surface area contributed by atoms with Crippen LogP contribution in [0.3, 0.4) is 0 Å². The highest BCUT2D eigenvalue weighted by Gasteiger charge is 2.12. The van der Waals surface area contributed by atoms with Crippen LogP contribution in [0.4, 0.5) is 5.69 Å². The molecule has 0 bridgehead atoms. The van der Waals surface area contributed by atoms with Crippen LogP contribution >= 0.6 is 12.2 Å². The third-order valence-electron chi connectivity index (χ3n) is 2.05. The van der Waals surface area contributed by atoms with Gasteiger partial charge in [-0.25, -0.2) is 0 Å². The monoisotopic (exact) mass is 224 g/mol. The number of carboxylic acid groups (broad SMARTS) is 1. The number of nitrogens with one attached hydrogen (secondary N) is 1. The van der Waals surface area contributed by atoms with Crippen LogP contribution in [0.5, 0.6) is 0 Å². The van der Waals surface area contributed by atoms with Gasteiger partial charge >= 0.3 is 5.97 Å². The summed E-state index contributed by atoms with van der Waals surface area (Å²) in [5.41, 5.74) is 6.80. The normalized spacial score (nSPS) is 11.8. The van der Waals surface area contributed by atoms with Crippen molar-refractivity contribution in [3.63, 3.8) is 0 Å². The fourth-order valence-corrected chi connectivity index (χ4v) is 1.26. The second kappa shape index (κ2) is 4.75. The molecule has 0 aliphatic carbocycles. The molecule has 0 aliphatic rings. The first kappa shape index (κ1) is 11.5. The van der Waals surface area contributed by atoms with Crippen LogP contribution in [0.2, 0.25) is 0 Å². The van der Waals surface area contributed by atoms with Crippen molar-refractivity contribution < 1.29 is 9.90 Å². The van der Waals surface area contributed by atoms with E-state index >= 15 is 0 Å². The molecule has 0 amide bonds. The molecular weight excluding hydrogens is 212 g/mol. The van der Waals surface area contributed by atoms with Gasteiger partial charge in [0.05, 0.1) is 5.92 Å². The summed E-state index contributed by atoms with van der Waals surface area (Å²) >= 11 is 4.68. The van der Waals surface area contributed by atoms with E-state index in [4.69, 9.17) is 10.8 Å². The molecule has 0 saturated heterocycles. The number of thiocarbonyl (C=S) groups is 1. The molecule has 1 aromatic carbocycles. The molecule has 1 rings (SSSR count). The largest absolute Gasteiger partial charge is 0.481 e. The second-order valence-corrected chi connectivity index (χ2v) is 3.61. The van der Waals surface area contributed by atoms with Crippen molar-refractivity contribution >= 4 is 29.0 Å². The number of hydrogen-bond acceptors (Lipinski definition) is 2. The number of aliphatic carboxylic acids is 1. The molecule has 15 heavy (non-hydrogen) atoms. The molecule has 1 unspecified atom stereocenters. The summed E-state index contributed by atoms with van der Waals surface area (Å²) in [4.78, 5) is 10.7. The minimum absolute atomic E-state index is 0.189. The SMILES string of the molecule is CC(C(=O)O)c1ccc(NC(N)=S)cc1. The van der Waals surface area contributed by atoms with Gasteiger partial charge in [-0.2, -0.15) is 0 Å². The summed E-state index contributed by atoms with van der Waals surface area (Å²) in [6.07, 6.45) is 0. The van der Waals surface area contributed by atoms with Gasteiger partial charge in [0.2, 0.25) is 0 Å². The first-order valence-electron chi connectivity index (χ1n) is 4.40. The van der Waals surface area contributed by atoms with Crippen molar-refractivity contribution in [2.24, 2.45) is 5.73 Å². The van der Waals surface area contributed by atoms with Gasteiger partial charge in [0.1, 0.15) is 0 Å². The topological polar surface area (TPSA) is 75.3 Å². The molecule has 0 aromatic heterocycles. The summed E-state index contributed by atoms with van der Waals surface area (Å²) in [6, 6.07) is 6.96. The van der Waals surface area contributed by atoms with Crippen LogP contribution in [0.15, 0.2) is 24.3 Å². The van der Waals surface area contributed by atoms with E-state index in [9.17, 15) is 4.79 Å². The van der Waals surface area contributed by atoms with Gasteiger partial charge in [0.25, 0.3) is 0 Å². The summed E-state index contributed by atoms with van der Waals surface area (Å²) in [6.45, 7) is 1.64. The summed E-state index contributed by atoms with van der Waals surface area (Å²) < 4.78 is 0. The van der Waals surface area contributed by atoms with E-state index < -0.39 is 11.9 Å². The van der Waals surface area contributed by atoms with E-state index in [1.54, 1.807) is 31.2 Å². The lowest BCUT2D eigenvalue weighted by Crippen LogP contribution is -2.18. The summed E-state index contributed by atoms with van der Waals surface area (Å²) in [5, 5.41) is 11.7. The number of carbonyl (C=O) groups is 1. The highest BCUT2D eigenvalue weighted by atomic mass is 32.1. The van der Waals surface area contributed by atoms with Crippen molar-refractivity contribution in [1.82, 2.24) is 0 Å². The zero-order valence-electron chi connectivity index (χ0n) is 8.23. The number of benzene rings is 1. The fourth-order valence-electron chi connectivity index (χ4n) is 1.14. The van der Waals surface area contributed by atoms with E-state index in [0.717, 1.165) is 11.3 Å². The Morgan fingerprint density at radius 1 is 1.47 bits per heavy atom. The summed E-state index contributed by atoms with van der Waals surface area (Å²) in [7, 11) is 0. The Morgan fingerprint density at radius 2 is 2.00 bits per heavy atom. The number of carboxylic acids is 1. The lowest BCUT2D eigenvalue weighted by atomic mass is 10.0. The Morgan fingerprint density at radius 3 is 2.40 bits per heavy atom. The molecule has 0 fully saturated rings. The van der Waals surface area contributed by atoms with Crippen LogP contribution in [-0.4, -0.2) is 16.2 Å². The van der Waals surface area contributed by atoms with Crippen molar-refractivity contribution in [3.05, 3.63) is 29.8 Å². The Hall–Kier alpha value is -1.62. The maximum absolute atomic E-state index is 10.7. The van der Waals surface area contributed by atoms with Gasteiger partial charge in [0, 0.05) is 5.69 Å². The molecular formula is C10H12N2O2S. The van der Waals surface area contributed by atoms with Crippen LogP contribution < -0.4 is 11.1 Å². The maximum Gasteiger partial charge on any atom is 0.310 e. The zero-order chi connectivity index (χ0) is 11.4. The molecule has 0 saturated carbocycles.